The molecule has 0 radical (unpaired) electrons. The van der Waals surface area contributed by atoms with Gasteiger partial charge in [0.1, 0.15) is 0 Å². The van der Waals surface area contributed by atoms with E-state index in [9.17, 15) is 19.7 Å². The smallest absolute Gasteiger partial charge is 0.339 e. The molecule has 1 aromatic rings. The highest BCUT2D eigenvalue weighted by atomic mass is 16.6. The monoisotopic (exact) mass is 307 g/mol. The third-order valence-electron chi connectivity index (χ3n) is 3.44. The van der Waals surface area contributed by atoms with Crippen LogP contribution in [0.2, 0.25) is 0 Å². The van der Waals surface area contributed by atoms with Crippen LogP contribution in [0.15, 0.2) is 18.2 Å². The Balaban J connectivity index is 2.17. The molecule has 1 saturated carbocycles. The number of hydrogen-bond donors (Lipinski definition) is 0. The molecule has 0 spiro atoms. The zero-order chi connectivity index (χ0) is 16.1. The molecule has 22 heavy (non-hydrogen) atoms. The van der Waals surface area contributed by atoms with Gasteiger partial charge in [-0.3, -0.25) is 14.9 Å². The lowest BCUT2D eigenvalue weighted by Crippen LogP contribution is -2.30. The highest BCUT2D eigenvalue weighted by Gasteiger charge is 2.27. The number of benzene rings is 1. The first-order valence-electron chi connectivity index (χ1n) is 7.18. The zero-order valence-corrected chi connectivity index (χ0v) is 12.2. The van der Waals surface area contributed by atoms with Crippen molar-refractivity contribution in [1.82, 2.24) is 0 Å². The summed E-state index contributed by atoms with van der Waals surface area (Å²) < 4.78 is 10.3. The number of ketones is 1. The Morgan fingerprint density at radius 3 is 2.82 bits per heavy atom. The molecule has 7 nitrogen and oxygen atoms in total. The van der Waals surface area contributed by atoms with Crippen LogP contribution in [0, 0.1) is 10.1 Å². The molecule has 0 unspecified atom stereocenters. The highest BCUT2D eigenvalue weighted by molar-refractivity contribution is 5.93. The maximum Gasteiger partial charge on any atom is 0.339 e. The summed E-state index contributed by atoms with van der Waals surface area (Å²) in [4.78, 5) is 34.1. The minimum absolute atomic E-state index is 0.0357. The number of carbonyl (C=O) groups is 2. The molecular weight excluding hydrogens is 290 g/mol. The molecule has 0 heterocycles. The van der Waals surface area contributed by atoms with E-state index in [4.69, 9.17) is 9.47 Å². The van der Waals surface area contributed by atoms with E-state index in [1.807, 2.05) is 0 Å². The van der Waals surface area contributed by atoms with Crippen LogP contribution in [0.4, 0.5) is 5.69 Å². The fourth-order valence-corrected chi connectivity index (χ4v) is 2.34. The molecule has 1 aromatic carbocycles. The number of hydrogen-bond acceptors (Lipinski definition) is 6. The number of nitro groups is 1. The van der Waals surface area contributed by atoms with Gasteiger partial charge in [-0.25, -0.2) is 4.79 Å². The normalized spacial score (nSPS) is 17.9. The highest BCUT2D eigenvalue weighted by Crippen LogP contribution is 2.28. The van der Waals surface area contributed by atoms with Gasteiger partial charge in [0.2, 0.25) is 0 Å². The lowest BCUT2D eigenvalue weighted by molar-refractivity contribution is -0.385. The maximum atomic E-state index is 12.1. The van der Waals surface area contributed by atoms with Crippen LogP contribution < -0.4 is 4.74 Å². The second-order valence-corrected chi connectivity index (χ2v) is 4.98. The second-order valence-electron chi connectivity index (χ2n) is 4.98. The van der Waals surface area contributed by atoms with Crippen LogP contribution in [0.1, 0.15) is 43.0 Å². The quantitative estimate of drug-likeness (QED) is 0.471. The standard InChI is InChI=1S/C15H17NO6/c1-2-21-13-8-7-10(9-11(13)16(19)20)15(18)22-14-6-4-3-5-12(14)17/h7-9,14H,2-6H2,1H3/t14-/m1/s1. The first-order valence-corrected chi connectivity index (χ1v) is 7.18. The van der Waals surface area contributed by atoms with E-state index in [0.29, 0.717) is 12.8 Å². The fourth-order valence-electron chi connectivity index (χ4n) is 2.34. The third kappa shape index (κ3) is 3.60. The Morgan fingerprint density at radius 2 is 2.18 bits per heavy atom. The fraction of sp³-hybridized carbons (Fsp3) is 0.467. The Morgan fingerprint density at radius 1 is 1.41 bits per heavy atom. The van der Waals surface area contributed by atoms with Crippen molar-refractivity contribution < 1.29 is 24.0 Å². The molecule has 0 amide bonds. The van der Waals surface area contributed by atoms with E-state index in [1.165, 1.54) is 12.1 Å². The molecule has 0 aromatic heterocycles. The number of ether oxygens (including phenoxy) is 2. The van der Waals surface area contributed by atoms with E-state index in [1.54, 1.807) is 6.92 Å². The lowest BCUT2D eigenvalue weighted by Gasteiger charge is -2.20. The molecule has 0 saturated heterocycles. The molecule has 0 N–H and O–H groups in total. The summed E-state index contributed by atoms with van der Waals surface area (Å²) >= 11 is 0. The van der Waals surface area contributed by atoms with Crippen molar-refractivity contribution in [2.75, 3.05) is 6.61 Å². The van der Waals surface area contributed by atoms with Crippen LogP contribution >= 0.6 is 0 Å². The van der Waals surface area contributed by atoms with Crippen molar-refractivity contribution in [3.05, 3.63) is 33.9 Å². The van der Waals surface area contributed by atoms with Gasteiger partial charge in [-0.1, -0.05) is 0 Å². The predicted molar refractivity (Wildman–Crippen MR) is 76.9 cm³/mol. The molecule has 0 aliphatic heterocycles. The van der Waals surface area contributed by atoms with Gasteiger partial charge in [0.25, 0.3) is 0 Å². The second kappa shape index (κ2) is 7.02. The third-order valence-corrected chi connectivity index (χ3v) is 3.44. The molecular formula is C15H17NO6. The molecule has 2 rings (SSSR count). The Kier molecular flexibility index (Phi) is 5.08. The summed E-state index contributed by atoms with van der Waals surface area (Å²) in [6, 6.07) is 3.87. The Labute approximate surface area is 127 Å². The summed E-state index contributed by atoms with van der Waals surface area (Å²) in [6.45, 7) is 1.99. The molecule has 0 bridgehead atoms. The van der Waals surface area contributed by atoms with Crippen LogP contribution in [-0.4, -0.2) is 29.4 Å². The SMILES string of the molecule is CCOc1ccc(C(=O)O[C@@H]2CCCCC2=O)cc1[N+](=O)[O-]. The van der Waals surface area contributed by atoms with Gasteiger partial charge in [0.05, 0.1) is 17.1 Å². The average molecular weight is 307 g/mol. The van der Waals surface area contributed by atoms with E-state index in [2.05, 4.69) is 0 Å². The van der Waals surface area contributed by atoms with Crippen LogP contribution in [0.25, 0.3) is 0 Å². The molecule has 1 fully saturated rings. The van der Waals surface area contributed by atoms with Crippen molar-refractivity contribution in [3.63, 3.8) is 0 Å². The predicted octanol–water partition coefficient (Wildman–Crippen LogP) is 2.66. The van der Waals surface area contributed by atoms with Gasteiger partial charge in [-0.2, -0.15) is 0 Å². The van der Waals surface area contributed by atoms with Crippen LogP contribution in [0.3, 0.4) is 0 Å². The topological polar surface area (TPSA) is 95.7 Å². The summed E-state index contributed by atoms with van der Waals surface area (Å²) in [6.07, 6.45) is 1.80. The number of carbonyl (C=O) groups excluding carboxylic acids is 2. The number of nitrogens with zero attached hydrogens (tertiary/aromatic N) is 1. The van der Waals surface area contributed by atoms with Crippen LogP contribution in [-0.2, 0) is 9.53 Å². The van der Waals surface area contributed by atoms with Crippen molar-refractivity contribution in [2.45, 2.75) is 38.7 Å². The van der Waals surface area contributed by atoms with Crippen molar-refractivity contribution >= 4 is 17.4 Å². The Bertz CT molecular complexity index is 598. The first-order chi connectivity index (χ1) is 10.5. The van der Waals surface area contributed by atoms with E-state index < -0.39 is 17.0 Å². The number of Topliss-reactive ketones (excluding diaryl/α,β-unsaturated/α-hetero) is 1. The van der Waals surface area contributed by atoms with Crippen molar-refractivity contribution in [2.24, 2.45) is 0 Å². The minimum Gasteiger partial charge on any atom is -0.487 e. The van der Waals surface area contributed by atoms with E-state index in [-0.39, 0.29) is 29.4 Å². The Hall–Kier alpha value is -2.44. The number of rotatable bonds is 5. The van der Waals surface area contributed by atoms with Crippen molar-refractivity contribution in [3.8, 4) is 5.75 Å². The molecule has 1 aliphatic carbocycles. The summed E-state index contributed by atoms with van der Waals surface area (Å²) in [5.41, 5.74) is -0.264. The average Bonchev–Trinajstić information content (AvgIpc) is 2.50. The molecule has 118 valence electrons. The molecule has 7 heteroatoms. The van der Waals surface area contributed by atoms with Gasteiger partial charge in [0.15, 0.2) is 17.6 Å². The summed E-state index contributed by atoms with van der Waals surface area (Å²) in [5.74, 6) is -0.732. The first kappa shape index (κ1) is 15.9. The summed E-state index contributed by atoms with van der Waals surface area (Å²) in [5, 5.41) is 11.0. The minimum atomic E-state index is -0.744. The maximum absolute atomic E-state index is 12.1. The molecule has 1 aliphatic rings. The van der Waals surface area contributed by atoms with Crippen molar-refractivity contribution in [1.29, 1.82) is 0 Å². The van der Waals surface area contributed by atoms with E-state index >= 15 is 0 Å². The largest absolute Gasteiger partial charge is 0.487 e. The number of esters is 1. The van der Waals surface area contributed by atoms with Crippen LogP contribution in [0.5, 0.6) is 5.75 Å². The zero-order valence-electron chi connectivity index (χ0n) is 12.2. The van der Waals surface area contributed by atoms with Gasteiger partial charge in [-0.15, -0.1) is 0 Å². The van der Waals surface area contributed by atoms with Gasteiger partial charge in [-0.05, 0) is 38.3 Å². The van der Waals surface area contributed by atoms with Gasteiger partial charge >= 0.3 is 11.7 Å². The van der Waals surface area contributed by atoms with Gasteiger partial charge < -0.3 is 9.47 Å². The van der Waals surface area contributed by atoms with Gasteiger partial charge in [0, 0.05) is 12.5 Å². The summed E-state index contributed by atoms with van der Waals surface area (Å²) in [7, 11) is 0. The lowest BCUT2D eigenvalue weighted by atomic mass is 9.96. The molecule has 1 atom stereocenters. The van der Waals surface area contributed by atoms with E-state index in [0.717, 1.165) is 18.9 Å². The number of nitro benzene ring substituents is 1.